The van der Waals surface area contributed by atoms with Crippen LogP contribution in [0.4, 0.5) is 0 Å². The lowest BCUT2D eigenvalue weighted by atomic mass is 10.0. The minimum atomic E-state index is -0.0363. The van der Waals surface area contributed by atoms with Gasteiger partial charge < -0.3 is 11.1 Å². The van der Waals surface area contributed by atoms with Gasteiger partial charge in [0, 0.05) is 17.2 Å². The van der Waals surface area contributed by atoms with Gasteiger partial charge in [-0.05, 0) is 44.0 Å². The predicted molar refractivity (Wildman–Crippen MR) is 74.3 cm³/mol. The molecular weight excluding hydrogens is 224 g/mol. The lowest BCUT2D eigenvalue weighted by Gasteiger charge is -2.11. The molecule has 0 radical (unpaired) electrons. The zero-order valence-electron chi connectivity index (χ0n) is 11.2. The molecule has 1 atom stereocenters. The number of nitrogens with two attached hydrogens (primary N) is 1. The zero-order valence-corrected chi connectivity index (χ0v) is 11.2. The molecule has 3 heteroatoms. The maximum Gasteiger partial charge on any atom is 0.251 e. The predicted octanol–water partition coefficient (Wildman–Crippen LogP) is 1.83. The van der Waals surface area contributed by atoms with E-state index in [0.717, 1.165) is 17.5 Å². The molecule has 3 N–H and O–H groups in total. The van der Waals surface area contributed by atoms with Crippen LogP contribution >= 0.6 is 0 Å². The van der Waals surface area contributed by atoms with Crippen LogP contribution in [0, 0.1) is 18.8 Å². The number of hydrogen-bond donors (Lipinski definition) is 2. The number of hydrogen-bond acceptors (Lipinski definition) is 2. The number of rotatable bonds is 3. The normalized spacial score (nSPS) is 11.3. The molecule has 3 nitrogen and oxygen atoms in total. The van der Waals surface area contributed by atoms with Gasteiger partial charge in [-0.25, -0.2) is 0 Å². The highest BCUT2D eigenvalue weighted by atomic mass is 16.1. The SMILES string of the molecule is CCC(C)NC(=O)c1ccc(C#CCN)c(C)c1. The van der Waals surface area contributed by atoms with E-state index in [1.54, 1.807) is 6.07 Å². The molecule has 1 rings (SSSR count). The zero-order chi connectivity index (χ0) is 13.5. The Morgan fingerprint density at radius 1 is 1.50 bits per heavy atom. The molecule has 0 spiro atoms. The third-order valence-corrected chi connectivity index (χ3v) is 2.80. The van der Waals surface area contributed by atoms with Crippen molar-refractivity contribution in [3.8, 4) is 11.8 Å². The van der Waals surface area contributed by atoms with Crippen LogP contribution in [0.15, 0.2) is 18.2 Å². The van der Waals surface area contributed by atoms with Crippen molar-refractivity contribution in [1.29, 1.82) is 0 Å². The highest BCUT2D eigenvalue weighted by Crippen LogP contribution is 2.10. The quantitative estimate of drug-likeness (QED) is 0.797. The number of carbonyl (C=O) groups is 1. The smallest absolute Gasteiger partial charge is 0.251 e. The van der Waals surface area contributed by atoms with Gasteiger partial charge in [0.25, 0.3) is 5.91 Å². The molecular formula is C15H20N2O. The summed E-state index contributed by atoms with van der Waals surface area (Å²) in [6, 6.07) is 5.71. The second kappa shape index (κ2) is 6.83. The third kappa shape index (κ3) is 3.90. The summed E-state index contributed by atoms with van der Waals surface area (Å²) in [5.41, 5.74) is 7.92. The lowest BCUT2D eigenvalue weighted by Crippen LogP contribution is -2.31. The van der Waals surface area contributed by atoms with Crippen LogP contribution < -0.4 is 11.1 Å². The molecule has 0 bridgehead atoms. The Morgan fingerprint density at radius 2 is 2.22 bits per heavy atom. The van der Waals surface area contributed by atoms with Crippen molar-refractivity contribution in [2.75, 3.05) is 6.54 Å². The molecule has 0 saturated heterocycles. The largest absolute Gasteiger partial charge is 0.350 e. The van der Waals surface area contributed by atoms with Crippen molar-refractivity contribution in [3.05, 3.63) is 34.9 Å². The van der Waals surface area contributed by atoms with Gasteiger partial charge in [-0.2, -0.15) is 0 Å². The van der Waals surface area contributed by atoms with E-state index in [0.29, 0.717) is 12.1 Å². The minimum absolute atomic E-state index is 0.0363. The molecule has 96 valence electrons. The standard InChI is InChI=1S/C15H20N2O/c1-4-12(3)17-15(18)14-8-7-13(6-5-9-16)11(2)10-14/h7-8,10,12H,4,9,16H2,1-3H3,(H,17,18). The van der Waals surface area contributed by atoms with E-state index >= 15 is 0 Å². The Morgan fingerprint density at radius 3 is 2.78 bits per heavy atom. The van der Waals surface area contributed by atoms with Gasteiger partial charge in [0.1, 0.15) is 0 Å². The van der Waals surface area contributed by atoms with Gasteiger partial charge >= 0.3 is 0 Å². The Bertz CT molecular complexity index is 483. The van der Waals surface area contributed by atoms with Crippen LogP contribution in [0.2, 0.25) is 0 Å². The molecule has 0 aliphatic rings. The average molecular weight is 244 g/mol. The van der Waals surface area contributed by atoms with Gasteiger partial charge in [-0.3, -0.25) is 4.79 Å². The van der Waals surface area contributed by atoms with Gasteiger partial charge in [0.05, 0.1) is 6.54 Å². The molecule has 1 aromatic carbocycles. The van der Waals surface area contributed by atoms with Crippen LogP contribution in [0.3, 0.4) is 0 Å². The van der Waals surface area contributed by atoms with Crippen molar-refractivity contribution < 1.29 is 4.79 Å². The first-order valence-electron chi connectivity index (χ1n) is 6.19. The molecule has 1 aromatic rings. The van der Waals surface area contributed by atoms with E-state index in [2.05, 4.69) is 17.2 Å². The molecule has 0 fully saturated rings. The fourth-order valence-electron chi connectivity index (χ4n) is 1.50. The maximum atomic E-state index is 11.9. The number of benzene rings is 1. The number of carbonyl (C=O) groups excluding carboxylic acids is 1. The Hall–Kier alpha value is -1.79. The summed E-state index contributed by atoms with van der Waals surface area (Å²) in [6.07, 6.45) is 0.921. The van der Waals surface area contributed by atoms with Crippen molar-refractivity contribution in [2.24, 2.45) is 5.73 Å². The van der Waals surface area contributed by atoms with E-state index in [9.17, 15) is 4.79 Å². The topological polar surface area (TPSA) is 55.1 Å². The minimum Gasteiger partial charge on any atom is -0.350 e. The monoisotopic (exact) mass is 244 g/mol. The van der Waals surface area contributed by atoms with Crippen LogP contribution in [-0.4, -0.2) is 18.5 Å². The van der Waals surface area contributed by atoms with E-state index in [-0.39, 0.29) is 11.9 Å². The molecule has 0 aromatic heterocycles. The van der Waals surface area contributed by atoms with Gasteiger partial charge in [0.15, 0.2) is 0 Å². The third-order valence-electron chi connectivity index (χ3n) is 2.80. The van der Waals surface area contributed by atoms with Crippen LogP contribution in [0.1, 0.15) is 41.8 Å². The molecule has 18 heavy (non-hydrogen) atoms. The number of nitrogens with one attached hydrogen (secondary N) is 1. The second-order valence-corrected chi connectivity index (χ2v) is 4.32. The van der Waals surface area contributed by atoms with Crippen LogP contribution in [0.5, 0.6) is 0 Å². The van der Waals surface area contributed by atoms with Gasteiger partial charge in [-0.15, -0.1) is 0 Å². The van der Waals surface area contributed by atoms with E-state index in [1.807, 2.05) is 32.9 Å². The highest BCUT2D eigenvalue weighted by molar-refractivity contribution is 5.94. The number of aryl methyl sites for hydroxylation is 1. The summed E-state index contributed by atoms with van der Waals surface area (Å²) in [5.74, 6) is 5.76. The summed E-state index contributed by atoms with van der Waals surface area (Å²) < 4.78 is 0. The Kier molecular flexibility index (Phi) is 5.41. The molecule has 0 saturated carbocycles. The van der Waals surface area contributed by atoms with E-state index < -0.39 is 0 Å². The summed E-state index contributed by atoms with van der Waals surface area (Å²) >= 11 is 0. The number of amides is 1. The molecule has 1 unspecified atom stereocenters. The summed E-state index contributed by atoms with van der Waals surface area (Å²) in [4.78, 5) is 11.9. The van der Waals surface area contributed by atoms with Crippen molar-refractivity contribution in [3.63, 3.8) is 0 Å². The van der Waals surface area contributed by atoms with E-state index in [1.165, 1.54) is 0 Å². The Balaban J connectivity index is 2.87. The summed E-state index contributed by atoms with van der Waals surface area (Å²) in [6.45, 7) is 6.32. The molecule has 0 aliphatic carbocycles. The molecule has 0 aliphatic heterocycles. The lowest BCUT2D eigenvalue weighted by molar-refractivity contribution is 0.0939. The van der Waals surface area contributed by atoms with E-state index in [4.69, 9.17) is 5.73 Å². The van der Waals surface area contributed by atoms with Gasteiger partial charge in [-0.1, -0.05) is 18.8 Å². The van der Waals surface area contributed by atoms with Gasteiger partial charge in [0.2, 0.25) is 0 Å². The first kappa shape index (κ1) is 14.3. The molecule has 0 heterocycles. The fraction of sp³-hybridized carbons (Fsp3) is 0.400. The van der Waals surface area contributed by atoms with Crippen molar-refractivity contribution >= 4 is 5.91 Å². The Labute approximate surface area is 109 Å². The highest BCUT2D eigenvalue weighted by Gasteiger charge is 2.09. The summed E-state index contributed by atoms with van der Waals surface area (Å²) in [7, 11) is 0. The van der Waals surface area contributed by atoms with Crippen LogP contribution in [-0.2, 0) is 0 Å². The maximum absolute atomic E-state index is 11.9. The molecule has 1 amide bonds. The van der Waals surface area contributed by atoms with Crippen molar-refractivity contribution in [2.45, 2.75) is 33.2 Å². The fourth-order valence-corrected chi connectivity index (χ4v) is 1.50. The second-order valence-electron chi connectivity index (χ2n) is 4.32. The van der Waals surface area contributed by atoms with Crippen LogP contribution in [0.25, 0.3) is 0 Å². The summed E-state index contributed by atoms with van der Waals surface area (Å²) in [5, 5.41) is 2.94. The first-order valence-corrected chi connectivity index (χ1v) is 6.19. The van der Waals surface area contributed by atoms with Crippen molar-refractivity contribution in [1.82, 2.24) is 5.32 Å². The first-order chi connectivity index (χ1) is 8.58. The average Bonchev–Trinajstić information content (AvgIpc) is 2.37.